The van der Waals surface area contributed by atoms with E-state index in [0.29, 0.717) is 13.0 Å². The first kappa shape index (κ1) is 15.0. The van der Waals surface area contributed by atoms with Crippen LogP contribution in [-0.4, -0.2) is 50.5 Å². The first-order chi connectivity index (χ1) is 8.83. The van der Waals surface area contributed by atoms with Crippen LogP contribution in [0.4, 0.5) is 4.79 Å². The summed E-state index contributed by atoms with van der Waals surface area (Å²) in [4.78, 5) is 26.1. The van der Waals surface area contributed by atoms with Crippen LogP contribution in [0.25, 0.3) is 0 Å². The van der Waals surface area contributed by atoms with E-state index in [9.17, 15) is 14.7 Å². The Bertz CT molecular complexity index is 455. The van der Waals surface area contributed by atoms with Crippen molar-refractivity contribution >= 4 is 12.0 Å². The predicted octanol–water partition coefficient (Wildman–Crippen LogP) is -0.903. The van der Waals surface area contributed by atoms with Gasteiger partial charge in [0.2, 0.25) is 0 Å². The second-order valence-corrected chi connectivity index (χ2v) is 4.39. The molecule has 1 aromatic rings. The molecule has 0 aliphatic rings. The molecule has 0 saturated heterocycles. The lowest BCUT2D eigenvalue weighted by atomic mass is 10.1. The number of urea groups is 1. The topological polar surface area (TPSA) is 116 Å². The molecular formula is C11H18N4O4. The Morgan fingerprint density at radius 1 is 1.47 bits per heavy atom. The van der Waals surface area contributed by atoms with Gasteiger partial charge in [-0.05, 0) is 6.92 Å². The molecule has 8 nitrogen and oxygen atoms in total. The number of carbonyl (C=O) groups excluding carboxylic acids is 1. The van der Waals surface area contributed by atoms with Gasteiger partial charge in [0.25, 0.3) is 0 Å². The number of hydrogen-bond donors (Lipinski definition) is 4. The lowest BCUT2D eigenvalue weighted by Gasteiger charge is -2.18. The summed E-state index contributed by atoms with van der Waals surface area (Å²) in [5.41, 5.74) is -1.98. The number of nitrogens with zero attached hydrogens (tertiary/aromatic N) is 2. The van der Waals surface area contributed by atoms with E-state index in [-0.39, 0.29) is 6.54 Å². The number of aliphatic hydroxyl groups is 1. The van der Waals surface area contributed by atoms with Gasteiger partial charge in [-0.2, -0.15) is 0 Å². The van der Waals surface area contributed by atoms with Crippen molar-refractivity contribution in [2.24, 2.45) is 7.05 Å². The molecule has 0 aliphatic carbocycles. The molecule has 19 heavy (non-hydrogen) atoms. The smallest absolute Gasteiger partial charge is 0.337 e. The first-order valence-corrected chi connectivity index (χ1v) is 5.76. The van der Waals surface area contributed by atoms with Crippen molar-refractivity contribution in [1.82, 2.24) is 20.2 Å². The van der Waals surface area contributed by atoms with Gasteiger partial charge in [-0.3, -0.25) is 0 Å². The molecule has 0 spiro atoms. The standard InChI is InChI=1S/C11H18N4O4/c1-11(19,9(16)17)7-14-10(18)13-4-3-8-12-5-6-15(8)2/h5-6,19H,3-4,7H2,1-2H3,(H,16,17)(H2,13,14,18). The summed E-state index contributed by atoms with van der Waals surface area (Å²) in [7, 11) is 1.85. The number of aliphatic carboxylic acids is 1. The van der Waals surface area contributed by atoms with E-state index in [0.717, 1.165) is 12.7 Å². The fourth-order valence-electron chi connectivity index (χ4n) is 1.32. The summed E-state index contributed by atoms with van der Waals surface area (Å²) in [6, 6.07) is -0.532. The van der Waals surface area contributed by atoms with E-state index in [1.807, 2.05) is 11.6 Å². The normalized spacial score (nSPS) is 13.6. The molecule has 2 amide bonds. The number of nitrogens with one attached hydrogen (secondary N) is 2. The molecule has 1 aromatic heterocycles. The Morgan fingerprint density at radius 3 is 2.68 bits per heavy atom. The maximum absolute atomic E-state index is 11.4. The third kappa shape index (κ3) is 4.59. The van der Waals surface area contributed by atoms with Gasteiger partial charge in [0.1, 0.15) is 5.82 Å². The van der Waals surface area contributed by atoms with E-state index in [4.69, 9.17) is 5.11 Å². The molecule has 4 N–H and O–H groups in total. The molecule has 0 saturated carbocycles. The monoisotopic (exact) mass is 270 g/mol. The highest BCUT2D eigenvalue weighted by molar-refractivity contribution is 5.79. The first-order valence-electron chi connectivity index (χ1n) is 5.76. The molecule has 8 heteroatoms. The van der Waals surface area contributed by atoms with Gasteiger partial charge in [-0.15, -0.1) is 0 Å². The van der Waals surface area contributed by atoms with Crippen molar-refractivity contribution in [3.8, 4) is 0 Å². The van der Waals surface area contributed by atoms with Crippen molar-refractivity contribution in [3.05, 3.63) is 18.2 Å². The highest BCUT2D eigenvalue weighted by atomic mass is 16.4. The predicted molar refractivity (Wildman–Crippen MR) is 66.6 cm³/mol. The van der Waals surface area contributed by atoms with Crippen molar-refractivity contribution in [1.29, 1.82) is 0 Å². The van der Waals surface area contributed by atoms with Crippen LogP contribution < -0.4 is 10.6 Å². The van der Waals surface area contributed by atoms with Gasteiger partial charge in [-0.25, -0.2) is 14.6 Å². The molecule has 106 valence electrons. The zero-order valence-electron chi connectivity index (χ0n) is 10.9. The third-order valence-corrected chi connectivity index (χ3v) is 2.61. The molecular weight excluding hydrogens is 252 g/mol. The molecule has 1 atom stereocenters. The summed E-state index contributed by atoms with van der Waals surface area (Å²) in [6.07, 6.45) is 4.03. The Labute approximate surface area is 110 Å². The Morgan fingerprint density at radius 2 is 2.16 bits per heavy atom. The largest absolute Gasteiger partial charge is 0.479 e. The van der Waals surface area contributed by atoms with E-state index in [1.165, 1.54) is 0 Å². The van der Waals surface area contributed by atoms with Gasteiger partial charge in [-0.1, -0.05) is 0 Å². The Kier molecular flexibility index (Phi) is 4.87. The van der Waals surface area contributed by atoms with Crippen LogP contribution in [0.2, 0.25) is 0 Å². The van der Waals surface area contributed by atoms with Crippen molar-refractivity contribution in [2.75, 3.05) is 13.1 Å². The summed E-state index contributed by atoms with van der Waals surface area (Å²) >= 11 is 0. The maximum Gasteiger partial charge on any atom is 0.337 e. The fraction of sp³-hybridized carbons (Fsp3) is 0.545. The summed E-state index contributed by atoms with van der Waals surface area (Å²) in [5, 5.41) is 22.9. The number of amides is 2. The summed E-state index contributed by atoms with van der Waals surface area (Å²) in [5.74, 6) is -0.557. The molecule has 1 unspecified atom stereocenters. The fourth-order valence-corrected chi connectivity index (χ4v) is 1.32. The quantitative estimate of drug-likeness (QED) is 0.534. The van der Waals surface area contributed by atoms with Crippen molar-refractivity contribution in [3.63, 3.8) is 0 Å². The minimum absolute atomic E-state index is 0.365. The number of rotatable bonds is 6. The summed E-state index contributed by atoms with van der Waals surface area (Å²) < 4.78 is 1.84. The second kappa shape index (κ2) is 6.19. The highest BCUT2D eigenvalue weighted by Crippen LogP contribution is 2.00. The third-order valence-electron chi connectivity index (χ3n) is 2.61. The van der Waals surface area contributed by atoms with Crippen LogP contribution in [-0.2, 0) is 18.3 Å². The minimum Gasteiger partial charge on any atom is -0.479 e. The summed E-state index contributed by atoms with van der Waals surface area (Å²) in [6.45, 7) is 1.12. The lowest BCUT2D eigenvalue weighted by molar-refractivity contribution is -0.155. The van der Waals surface area contributed by atoms with Crippen molar-refractivity contribution < 1.29 is 19.8 Å². The van der Waals surface area contributed by atoms with Gasteiger partial charge < -0.3 is 25.4 Å². The highest BCUT2D eigenvalue weighted by Gasteiger charge is 2.30. The number of carboxylic acid groups (broad SMARTS) is 1. The zero-order valence-corrected chi connectivity index (χ0v) is 10.9. The van der Waals surface area contributed by atoms with Crippen LogP contribution in [0.5, 0.6) is 0 Å². The average molecular weight is 270 g/mol. The van der Waals surface area contributed by atoms with E-state index in [1.54, 1.807) is 12.4 Å². The SMILES string of the molecule is Cn1ccnc1CCNC(=O)NCC(C)(O)C(=O)O. The number of aromatic nitrogens is 2. The molecule has 0 aliphatic heterocycles. The van der Waals surface area contributed by atoms with E-state index in [2.05, 4.69) is 15.6 Å². The van der Waals surface area contributed by atoms with Crippen LogP contribution in [0, 0.1) is 0 Å². The number of hydrogen-bond acceptors (Lipinski definition) is 4. The van der Waals surface area contributed by atoms with Gasteiger partial charge in [0, 0.05) is 32.4 Å². The molecule has 1 heterocycles. The number of carboxylic acids is 1. The molecule has 0 bridgehead atoms. The van der Waals surface area contributed by atoms with Gasteiger partial charge >= 0.3 is 12.0 Å². The lowest BCUT2D eigenvalue weighted by Crippen LogP contribution is -2.49. The Balaban J connectivity index is 2.26. The van der Waals surface area contributed by atoms with Gasteiger partial charge in [0.15, 0.2) is 5.60 Å². The van der Waals surface area contributed by atoms with Crippen molar-refractivity contribution in [2.45, 2.75) is 18.9 Å². The minimum atomic E-state index is -1.98. The second-order valence-electron chi connectivity index (χ2n) is 4.39. The van der Waals surface area contributed by atoms with Crippen LogP contribution >= 0.6 is 0 Å². The average Bonchev–Trinajstić information content (AvgIpc) is 2.72. The van der Waals surface area contributed by atoms with Crippen LogP contribution in [0.3, 0.4) is 0 Å². The number of imidazole rings is 1. The van der Waals surface area contributed by atoms with Gasteiger partial charge in [0.05, 0.1) is 6.54 Å². The van der Waals surface area contributed by atoms with E-state index < -0.39 is 17.6 Å². The maximum atomic E-state index is 11.4. The van der Waals surface area contributed by atoms with Crippen LogP contribution in [0.15, 0.2) is 12.4 Å². The Hall–Kier alpha value is -2.09. The van der Waals surface area contributed by atoms with Crippen LogP contribution in [0.1, 0.15) is 12.7 Å². The molecule has 0 radical (unpaired) electrons. The van der Waals surface area contributed by atoms with E-state index >= 15 is 0 Å². The zero-order chi connectivity index (χ0) is 14.5. The number of aryl methyl sites for hydroxylation is 1. The number of carbonyl (C=O) groups is 2. The molecule has 1 rings (SSSR count). The molecule has 0 fully saturated rings. The molecule has 0 aromatic carbocycles.